The van der Waals surface area contributed by atoms with Gasteiger partial charge in [-0.1, -0.05) is 0 Å². The second-order valence-corrected chi connectivity index (χ2v) is 10.2. The maximum absolute atomic E-state index is 12.8. The standard InChI is InChI=1S/C16H21N3O6S2/c1-11-8-16(19(17-11)12-6-7-26(20,21)10-12)18-27(22,23)13-4-5-14(24-2)15(9-13)25-3/h4-5,8-9,12,18H,6-7,10H2,1-3H3/t12-/m1/s1. The molecule has 0 bridgehead atoms. The van der Waals surface area contributed by atoms with Crippen LogP contribution in [0.2, 0.25) is 0 Å². The highest BCUT2D eigenvalue weighted by atomic mass is 32.2. The molecule has 0 unspecified atom stereocenters. The van der Waals surface area contributed by atoms with Gasteiger partial charge in [-0.25, -0.2) is 21.5 Å². The highest BCUT2D eigenvalue weighted by Gasteiger charge is 2.32. The zero-order valence-corrected chi connectivity index (χ0v) is 16.8. The Hall–Kier alpha value is -2.27. The third-order valence-corrected chi connectivity index (χ3v) is 7.42. The van der Waals surface area contributed by atoms with Gasteiger partial charge < -0.3 is 9.47 Å². The number of nitrogens with zero attached hydrogens (tertiary/aromatic N) is 2. The van der Waals surface area contributed by atoms with E-state index in [-0.39, 0.29) is 28.0 Å². The number of aryl methyl sites for hydroxylation is 1. The molecule has 0 saturated carbocycles. The molecule has 2 heterocycles. The quantitative estimate of drug-likeness (QED) is 0.757. The molecular weight excluding hydrogens is 394 g/mol. The van der Waals surface area contributed by atoms with Gasteiger partial charge in [0.1, 0.15) is 5.82 Å². The number of benzene rings is 1. The van der Waals surface area contributed by atoms with Crippen LogP contribution in [0, 0.1) is 6.92 Å². The first-order valence-electron chi connectivity index (χ1n) is 8.16. The smallest absolute Gasteiger partial charge is 0.263 e. The first-order chi connectivity index (χ1) is 12.6. The van der Waals surface area contributed by atoms with E-state index in [1.54, 1.807) is 13.0 Å². The average molecular weight is 415 g/mol. The van der Waals surface area contributed by atoms with E-state index < -0.39 is 25.9 Å². The van der Waals surface area contributed by atoms with Gasteiger partial charge >= 0.3 is 0 Å². The molecule has 1 aliphatic heterocycles. The van der Waals surface area contributed by atoms with Gasteiger partial charge in [-0.15, -0.1) is 0 Å². The molecule has 1 N–H and O–H groups in total. The molecule has 1 aliphatic rings. The Labute approximate surface area is 158 Å². The summed E-state index contributed by atoms with van der Waals surface area (Å²) >= 11 is 0. The second-order valence-electron chi connectivity index (χ2n) is 6.29. The zero-order chi connectivity index (χ0) is 19.8. The number of sulfonamides is 1. The third kappa shape index (κ3) is 4.03. The number of hydrogen-bond donors (Lipinski definition) is 1. The number of sulfone groups is 1. The zero-order valence-electron chi connectivity index (χ0n) is 15.2. The van der Waals surface area contributed by atoms with E-state index in [0.29, 0.717) is 17.9 Å². The summed E-state index contributed by atoms with van der Waals surface area (Å²) in [6, 6.07) is 5.43. The summed E-state index contributed by atoms with van der Waals surface area (Å²) in [7, 11) is -4.19. The lowest BCUT2D eigenvalue weighted by molar-refractivity contribution is 0.354. The number of anilines is 1. The molecule has 1 saturated heterocycles. The summed E-state index contributed by atoms with van der Waals surface area (Å²) in [6.45, 7) is 1.72. The Kier molecular flexibility index (Phi) is 5.08. The van der Waals surface area contributed by atoms with Gasteiger partial charge in [-0.2, -0.15) is 5.10 Å². The maximum Gasteiger partial charge on any atom is 0.263 e. The van der Waals surface area contributed by atoms with Crippen LogP contribution in [0.5, 0.6) is 11.5 Å². The molecule has 0 amide bonds. The minimum Gasteiger partial charge on any atom is -0.493 e. The second kappa shape index (κ2) is 7.04. The van der Waals surface area contributed by atoms with Gasteiger partial charge in [-0.3, -0.25) is 4.72 Å². The fraction of sp³-hybridized carbons (Fsp3) is 0.438. The van der Waals surface area contributed by atoms with Gasteiger partial charge in [0.15, 0.2) is 21.3 Å². The van der Waals surface area contributed by atoms with E-state index in [0.717, 1.165) is 0 Å². The third-order valence-electron chi connectivity index (χ3n) is 4.32. The highest BCUT2D eigenvalue weighted by Crippen LogP contribution is 2.31. The van der Waals surface area contributed by atoms with Crippen LogP contribution < -0.4 is 14.2 Å². The van der Waals surface area contributed by atoms with Gasteiger partial charge in [0.2, 0.25) is 0 Å². The van der Waals surface area contributed by atoms with Crippen molar-refractivity contribution in [3.8, 4) is 11.5 Å². The molecule has 1 aromatic heterocycles. The fourth-order valence-corrected chi connectivity index (χ4v) is 5.77. The van der Waals surface area contributed by atoms with E-state index in [4.69, 9.17) is 9.47 Å². The molecular formula is C16H21N3O6S2. The summed E-state index contributed by atoms with van der Waals surface area (Å²) in [6.07, 6.45) is 0.397. The van der Waals surface area contributed by atoms with E-state index in [9.17, 15) is 16.8 Å². The molecule has 9 nitrogen and oxygen atoms in total. The van der Waals surface area contributed by atoms with Gasteiger partial charge in [-0.05, 0) is 25.5 Å². The Morgan fingerprint density at radius 3 is 2.48 bits per heavy atom. The minimum absolute atomic E-state index is 0.00963. The minimum atomic E-state index is -3.93. The average Bonchev–Trinajstić information content (AvgIpc) is 3.15. The summed E-state index contributed by atoms with van der Waals surface area (Å²) < 4.78 is 63.4. The van der Waals surface area contributed by atoms with Crippen LogP contribution in [-0.4, -0.2) is 52.3 Å². The molecule has 0 spiro atoms. The van der Waals surface area contributed by atoms with E-state index in [1.807, 2.05) is 0 Å². The number of aromatic nitrogens is 2. The van der Waals surface area contributed by atoms with Crippen molar-refractivity contribution in [1.29, 1.82) is 0 Å². The van der Waals surface area contributed by atoms with Crippen LogP contribution in [-0.2, 0) is 19.9 Å². The van der Waals surface area contributed by atoms with Gasteiger partial charge in [0.05, 0.1) is 42.4 Å². The predicted molar refractivity (Wildman–Crippen MR) is 99.6 cm³/mol. The van der Waals surface area contributed by atoms with E-state index in [1.165, 1.54) is 37.1 Å². The van der Waals surface area contributed by atoms with Crippen molar-refractivity contribution >= 4 is 25.7 Å². The Morgan fingerprint density at radius 1 is 1.19 bits per heavy atom. The van der Waals surface area contributed by atoms with Crippen molar-refractivity contribution in [1.82, 2.24) is 9.78 Å². The van der Waals surface area contributed by atoms with Crippen LogP contribution in [0.3, 0.4) is 0 Å². The van der Waals surface area contributed by atoms with Crippen molar-refractivity contribution in [2.45, 2.75) is 24.3 Å². The van der Waals surface area contributed by atoms with E-state index >= 15 is 0 Å². The number of rotatable bonds is 6. The summed E-state index contributed by atoms with van der Waals surface area (Å²) in [5.41, 5.74) is 0.587. The van der Waals surface area contributed by atoms with Crippen molar-refractivity contribution in [3.63, 3.8) is 0 Å². The Morgan fingerprint density at radius 2 is 1.89 bits per heavy atom. The summed E-state index contributed by atoms with van der Waals surface area (Å²) in [5, 5.41) is 4.28. The monoisotopic (exact) mass is 415 g/mol. The first-order valence-corrected chi connectivity index (χ1v) is 11.5. The number of hydrogen-bond acceptors (Lipinski definition) is 7. The van der Waals surface area contributed by atoms with Gasteiger partial charge in [0, 0.05) is 12.1 Å². The topological polar surface area (TPSA) is 117 Å². The molecule has 27 heavy (non-hydrogen) atoms. The normalized spacial score (nSPS) is 19.0. The van der Waals surface area contributed by atoms with Crippen LogP contribution in [0.25, 0.3) is 0 Å². The number of nitrogens with one attached hydrogen (secondary N) is 1. The lowest BCUT2D eigenvalue weighted by Gasteiger charge is -2.15. The molecule has 0 aliphatic carbocycles. The molecule has 1 aromatic carbocycles. The molecule has 148 valence electrons. The van der Waals surface area contributed by atoms with Crippen molar-refractivity contribution < 1.29 is 26.3 Å². The Balaban J connectivity index is 1.93. The first kappa shape index (κ1) is 19.5. The fourth-order valence-electron chi connectivity index (χ4n) is 3.02. The molecule has 11 heteroatoms. The Bertz CT molecular complexity index is 1060. The number of ether oxygens (including phenoxy) is 2. The molecule has 3 rings (SSSR count). The summed E-state index contributed by atoms with van der Waals surface area (Å²) in [5.74, 6) is 0.933. The van der Waals surface area contributed by atoms with Crippen LogP contribution in [0.1, 0.15) is 18.2 Å². The molecule has 2 aromatic rings. The van der Waals surface area contributed by atoms with Crippen molar-refractivity contribution in [3.05, 3.63) is 30.0 Å². The van der Waals surface area contributed by atoms with Crippen LogP contribution in [0.15, 0.2) is 29.2 Å². The predicted octanol–water partition coefficient (Wildman–Crippen LogP) is 1.37. The lowest BCUT2D eigenvalue weighted by Crippen LogP contribution is -2.20. The van der Waals surface area contributed by atoms with Gasteiger partial charge in [0.25, 0.3) is 10.0 Å². The maximum atomic E-state index is 12.8. The van der Waals surface area contributed by atoms with Crippen LogP contribution >= 0.6 is 0 Å². The SMILES string of the molecule is COc1ccc(S(=O)(=O)Nc2cc(C)nn2[C@@H]2CCS(=O)(=O)C2)cc1OC. The van der Waals surface area contributed by atoms with Crippen molar-refractivity contribution in [2.75, 3.05) is 30.4 Å². The summed E-state index contributed by atoms with van der Waals surface area (Å²) in [4.78, 5) is -0.00963. The van der Waals surface area contributed by atoms with E-state index in [2.05, 4.69) is 9.82 Å². The van der Waals surface area contributed by atoms with Crippen molar-refractivity contribution in [2.24, 2.45) is 0 Å². The molecule has 1 atom stereocenters. The number of methoxy groups -OCH3 is 2. The highest BCUT2D eigenvalue weighted by molar-refractivity contribution is 7.92. The molecule has 0 radical (unpaired) electrons. The largest absolute Gasteiger partial charge is 0.493 e. The lowest BCUT2D eigenvalue weighted by atomic mass is 10.3. The molecule has 1 fully saturated rings. The van der Waals surface area contributed by atoms with Crippen LogP contribution in [0.4, 0.5) is 5.82 Å².